The van der Waals surface area contributed by atoms with Gasteiger partial charge in [0.2, 0.25) is 0 Å². The predicted octanol–water partition coefficient (Wildman–Crippen LogP) is 5.16. The summed E-state index contributed by atoms with van der Waals surface area (Å²) in [6.07, 6.45) is 3.32. The molecule has 30 heavy (non-hydrogen) atoms. The number of nitrogens with zero attached hydrogens (tertiary/aromatic N) is 2. The molecule has 154 valence electrons. The summed E-state index contributed by atoms with van der Waals surface area (Å²) in [5.74, 6) is 0. The average Bonchev–Trinajstić information content (AvgIpc) is 3.29. The third kappa shape index (κ3) is 7.71. The SMILES string of the molecule is N#CN1CCC(OCc2ccccc2)C1.c1ccc(COCc2ccccc2)cc1. The zero-order chi connectivity index (χ0) is 20.9. The highest BCUT2D eigenvalue weighted by atomic mass is 16.5. The molecule has 1 heterocycles. The molecule has 1 saturated heterocycles. The molecule has 0 aliphatic carbocycles. The summed E-state index contributed by atoms with van der Waals surface area (Å²) in [6, 6.07) is 30.6. The Kier molecular flexibility index (Phi) is 8.94. The Hall–Kier alpha value is -3.13. The number of ether oxygens (including phenoxy) is 2. The van der Waals surface area contributed by atoms with E-state index >= 15 is 0 Å². The molecule has 4 rings (SSSR count). The van der Waals surface area contributed by atoms with Crippen molar-refractivity contribution in [1.29, 1.82) is 5.26 Å². The van der Waals surface area contributed by atoms with Gasteiger partial charge < -0.3 is 14.4 Å². The van der Waals surface area contributed by atoms with E-state index in [2.05, 4.69) is 42.6 Å². The fourth-order valence-corrected chi connectivity index (χ4v) is 3.18. The van der Waals surface area contributed by atoms with Crippen molar-refractivity contribution in [3.8, 4) is 6.19 Å². The first-order valence-electron chi connectivity index (χ1n) is 10.3. The number of hydrogen-bond acceptors (Lipinski definition) is 4. The molecular formula is C26H28N2O2. The van der Waals surface area contributed by atoms with Crippen LogP contribution in [-0.4, -0.2) is 24.1 Å². The summed E-state index contributed by atoms with van der Waals surface area (Å²) in [5, 5.41) is 8.69. The van der Waals surface area contributed by atoms with E-state index in [9.17, 15) is 0 Å². The molecule has 0 aromatic heterocycles. The van der Waals surface area contributed by atoms with Gasteiger partial charge in [0.25, 0.3) is 0 Å². The third-order valence-corrected chi connectivity index (χ3v) is 4.84. The van der Waals surface area contributed by atoms with E-state index in [-0.39, 0.29) is 6.10 Å². The Balaban J connectivity index is 0.000000171. The van der Waals surface area contributed by atoms with Gasteiger partial charge in [-0.1, -0.05) is 91.0 Å². The third-order valence-electron chi connectivity index (χ3n) is 4.84. The smallest absolute Gasteiger partial charge is 0.179 e. The molecular weight excluding hydrogens is 372 g/mol. The van der Waals surface area contributed by atoms with E-state index in [0.717, 1.165) is 19.5 Å². The lowest BCUT2D eigenvalue weighted by Gasteiger charge is -2.11. The minimum Gasteiger partial charge on any atom is -0.372 e. The number of hydrogen-bond donors (Lipinski definition) is 0. The molecule has 1 aliphatic heterocycles. The first-order valence-corrected chi connectivity index (χ1v) is 10.3. The largest absolute Gasteiger partial charge is 0.372 e. The van der Waals surface area contributed by atoms with E-state index in [0.29, 0.717) is 19.8 Å². The van der Waals surface area contributed by atoms with Gasteiger partial charge in [-0.3, -0.25) is 0 Å². The van der Waals surface area contributed by atoms with Crippen LogP contribution in [0.4, 0.5) is 0 Å². The second-order valence-electron chi connectivity index (χ2n) is 7.22. The molecule has 1 aliphatic rings. The summed E-state index contributed by atoms with van der Waals surface area (Å²) < 4.78 is 11.3. The van der Waals surface area contributed by atoms with E-state index in [1.165, 1.54) is 16.7 Å². The summed E-state index contributed by atoms with van der Waals surface area (Å²) in [7, 11) is 0. The van der Waals surface area contributed by atoms with Crippen LogP contribution in [0.25, 0.3) is 0 Å². The molecule has 3 aromatic rings. The van der Waals surface area contributed by atoms with Gasteiger partial charge in [-0.2, -0.15) is 5.26 Å². The van der Waals surface area contributed by atoms with Crippen molar-refractivity contribution in [1.82, 2.24) is 4.90 Å². The minimum atomic E-state index is 0.213. The molecule has 0 bridgehead atoms. The van der Waals surface area contributed by atoms with Crippen LogP contribution in [0.5, 0.6) is 0 Å². The number of benzene rings is 3. The second-order valence-corrected chi connectivity index (χ2v) is 7.22. The monoisotopic (exact) mass is 400 g/mol. The van der Waals surface area contributed by atoms with Crippen molar-refractivity contribution in [2.24, 2.45) is 0 Å². The summed E-state index contributed by atoms with van der Waals surface area (Å²) in [6.45, 7) is 3.57. The lowest BCUT2D eigenvalue weighted by Crippen LogP contribution is -2.18. The van der Waals surface area contributed by atoms with Gasteiger partial charge in [-0.25, -0.2) is 0 Å². The normalized spacial score (nSPS) is 15.2. The van der Waals surface area contributed by atoms with Crippen LogP contribution in [0, 0.1) is 11.5 Å². The zero-order valence-electron chi connectivity index (χ0n) is 17.2. The Morgan fingerprint density at radius 3 is 1.63 bits per heavy atom. The number of likely N-dealkylation sites (tertiary alicyclic amines) is 1. The molecule has 0 saturated carbocycles. The van der Waals surface area contributed by atoms with Gasteiger partial charge in [0.15, 0.2) is 6.19 Å². The maximum Gasteiger partial charge on any atom is 0.179 e. The van der Waals surface area contributed by atoms with Crippen LogP contribution in [0.3, 0.4) is 0 Å². The van der Waals surface area contributed by atoms with Crippen molar-refractivity contribution in [3.05, 3.63) is 108 Å². The predicted molar refractivity (Wildman–Crippen MR) is 118 cm³/mol. The van der Waals surface area contributed by atoms with E-state index in [1.54, 1.807) is 4.90 Å². The lowest BCUT2D eigenvalue weighted by atomic mass is 10.2. The van der Waals surface area contributed by atoms with Crippen LogP contribution >= 0.6 is 0 Å². The Bertz CT molecular complexity index is 840. The standard InChI is InChI=1S/C14H14O.C12H14N2O/c1-3-7-13(8-4-1)11-15-12-14-9-5-2-6-10-14;13-10-14-7-6-12(8-14)15-9-11-4-2-1-3-5-11/h1-10H,11-12H2;1-5,12H,6-9H2. The fraction of sp³-hybridized carbons (Fsp3) is 0.269. The van der Waals surface area contributed by atoms with Gasteiger partial charge in [0.05, 0.1) is 32.5 Å². The molecule has 4 heteroatoms. The van der Waals surface area contributed by atoms with Crippen LogP contribution < -0.4 is 0 Å². The first-order chi connectivity index (χ1) is 14.8. The van der Waals surface area contributed by atoms with Gasteiger partial charge in [-0.15, -0.1) is 0 Å². The fourth-order valence-electron chi connectivity index (χ4n) is 3.18. The topological polar surface area (TPSA) is 45.5 Å². The summed E-state index contributed by atoms with van der Waals surface area (Å²) in [5.41, 5.74) is 3.62. The van der Waals surface area contributed by atoms with Crippen LogP contribution in [0.2, 0.25) is 0 Å². The summed E-state index contributed by atoms with van der Waals surface area (Å²) >= 11 is 0. The molecule has 0 spiro atoms. The molecule has 1 fully saturated rings. The van der Waals surface area contributed by atoms with Crippen molar-refractivity contribution in [2.75, 3.05) is 13.1 Å². The van der Waals surface area contributed by atoms with Gasteiger partial charge in [-0.05, 0) is 23.1 Å². The zero-order valence-corrected chi connectivity index (χ0v) is 17.2. The number of nitriles is 1. The Morgan fingerprint density at radius 2 is 1.20 bits per heavy atom. The second kappa shape index (κ2) is 12.4. The van der Waals surface area contributed by atoms with E-state index < -0.39 is 0 Å². The molecule has 0 amide bonds. The van der Waals surface area contributed by atoms with Crippen molar-refractivity contribution >= 4 is 0 Å². The highest BCUT2D eigenvalue weighted by Crippen LogP contribution is 2.13. The van der Waals surface area contributed by atoms with Gasteiger partial charge in [0, 0.05) is 6.54 Å². The molecule has 1 atom stereocenters. The van der Waals surface area contributed by atoms with Crippen LogP contribution in [0.1, 0.15) is 23.1 Å². The van der Waals surface area contributed by atoms with Gasteiger partial charge >= 0.3 is 0 Å². The highest BCUT2D eigenvalue weighted by molar-refractivity contribution is 5.15. The van der Waals surface area contributed by atoms with Crippen LogP contribution in [0.15, 0.2) is 91.0 Å². The van der Waals surface area contributed by atoms with Crippen molar-refractivity contribution < 1.29 is 9.47 Å². The van der Waals surface area contributed by atoms with Crippen molar-refractivity contribution in [2.45, 2.75) is 32.3 Å². The Morgan fingerprint density at radius 1 is 0.733 bits per heavy atom. The van der Waals surface area contributed by atoms with Gasteiger partial charge in [0.1, 0.15) is 0 Å². The van der Waals surface area contributed by atoms with E-state index in [1.807, 2.05) is 54.6 Å². The first kappa shape index (κ1) is 21.6. The molecule has 0 radical (unpaired) electrons. The molecule has 1 unspecified atom stereocenters. The lowest BCUT2D eigenvalue weighted by molar-refractivity contribution is 0.0498. The molecule has 3 aromatic carbocycles. The highest BCUT2D eigenvalue weighted by Gasteiger charge is 2.21. The van der Waals surface area contributed by atoms with E-state index in [4.69, 9.17) is 14.7 Å². The number of rotatable bonds is 7. The molecule has 4 nitrogen and oxygen atoms in total. The maximum atomic E-state index is 8.69. The van der Waals surface area contributed by atoms with Crippen LogP contribution in [-0.2, 0) is 29.3 Å². The quantitative estimate of drug-likeness (QED) is 0.514. The average molecular weight is 401 g/mol. The Labute approximate surface area is 179 Å². The summed E-state index contributed by atoms with van der Waals surface area (Å²) in [4.78, 5) is 1.75. The maximum absolute atomic E-state index is 8.69. The minimum absolute atomic E-state index is 0.213. The molecule has 0 N–H and O–H groups in total. The van der Waals surface area contributed by atoms with Crippen molar-refractivity contribution in [3.63, 3.8) is 0 Å².